The van der Waals surface area contributed by atoms with Gasteiger partial charge in [-0.3, -0.25) is 14.6 Å². The molecule has 0 aromatic rings. The largest absolute Gasteiger partial charge is 0.465 e. The van der Waals surface area contributed by atoms with Crippen molar-refractivity contribution in [2.75, 3.05) is 13.2 Å². The summed E-state index contributed by atoms with van der Waals surface area (Å²) < 4.78 is 10.2. The van der Waals surface area contributed by atoms with E-state index in [0.29, 0.717) is 13.0 Å². The Hall–Kier alpha value is -1.63. The van der Waals surface area contributed by atoms with Crippen molar-refractivity contribution in [2.45, 2.75) is 59.1 Å². The number of rotatable bonds is 4. The lowest BCUT2D eigenvalue weighted by atomic mass is 10.1. The summed E-state index contributed by atoms with van der Waals surface area (Å²) in [5, 5.41) is 1.22. The van der Waals surface area contributed by atoms with Crippen LogP contribution in [0, 0.1) is 5.92 Å². The van der Waals surface area contributed by atoms with Gasteiger partial charge in [0.05, 0.1) is 6.61 Å². The van der Waals surface area contributed by atoms with Crippen molar-refractivity contribution in [1.29, 1.82) is 0 Å². The average molecular weight is 314 g/mol. The minimum atomic E-state index is -0.963. The molecule has 7 nitrogen and oxygen atoms in total. The molecule has 2 atom stereocenters. The first-order chi connectivity index (χ1) is 10.2. The maximum Gasteiger partial charge on any atom is 0.331 e. The standard InChI is InChI=1S/C15H26N2O5/c1-6-21-13(19)10(2)12(18)17-11(8-7-9-16-17)14(20)22-15(3,4)5/h10-11,16H,6-9H2,1-5H3. The topological polar surface area (TPSA) is 84.9 Å². The molecule has 1 saturated heterocycles. The molecule has 1 aliphatic heterocycles. The first-order valence-electron chi connectivity index (χ1n) is 7.63. The monoisotopic (exact) mass is 314 g/mol. The summed E-state index contributed by atoms with van der Waals surface area (Å²) in [5.41, 5.74) is 2.26. The molecular weight excluding hydrogens is 288 g/mol. The SMILES string of the molecule is CCOC(=O)C(C)C(=O)N1NCCCC1C(=O)OC(C)(C)C. The molecule has 1 aliphatic rings. The van der Waals surface area contributed by atoms with Crippen LogP contribution in [0.3, 0.4) is 0 Å². The van der Waals surface area contributed by atoms with Crippen molar-refractivity contribution in [3.05, 3.63) is 0 Å². The van der Waals surface area contributed by atoms with Gasteiger partial charge in [0.2, 0.25) is 0 Å². The fourth-order valence-electron chi connectivity index (χ4n) is 2.14. The fourth-order valence-corrected chi connectivity index (χ4v) is 2.14. The Kier molecular flexibility index (Phi) is 6.34. The van der Waals surface area contributed by atoms with Crippen LogP contribution in [0.2, 0.25) is 0 Å². The van der Waals surface area contributed by atoms with Gasteiger partial charge in [0.15, 0.2) is 0 Å². The van der Waals surface area contributed by atoms with E-state index < -0.39 is 35.4 Å². The molecule has 1 fully saturated rings. The molecule has 1 N–H and O–H groups in total. The molecule has 126 valence electrons. The van der Waals surface area contributed by atoms with Gasteiger partial charge in [-0.05, 0) is 47.5 Å². The highest BCUT2D eigenvalue weighted by molar-refractivity contribution is 5.98. The zero-order valence-corrected chi connectivity index (χ0v) is 14.0. The quantitative estimate of drug-likeness (QED) is 0.616. The van der Waals surface area contributed by atoms with Crippen LogP contribution >= 0.6 is 0 Å². The lowest BCUT2D eigenvalue weighted by Gasteiger charge is -2.36. The van der Waals surface area contributed by atoms with Gasteiger partial charge >= 0.3 is 11.9 Å². The number of ether oxygens (including phenoxy) is 2. The number of hydrazine groups is 1. The third-order valence-electron chi connectivity index (χ3n) is 3.18. The molecule has 1 heterocycles. The van der Waals surface area contributed by atoms with Gasteiger partial charge in [-0.25, -0.2) is 10.2 Å². The van der Waals surface area contributed by atoms with Crippen LogP contribution < -0.4 is 5.43 Å². The number of hydrogen-bond acceptors (Lipinski definition) is 6. The Morgan fingerprint density at radius 2 is 1.95 bits per heavy atom. The molecule has 0 bridgehead atoms. The summed E-state index contributed by atoms with van der Waals surface area (Å²) >= 11 is 0. The summed E-state index contributed by atoms with van der Waals surface area (Å²) in [6.45, 7) is 9.25. The maximum atomic E-state index is 12.4. The molecule has 0 aliphatic carbocycles. The number of carbonyl (C=O) groups is 3. The summed E-state index contributed by atoms with van der Waals surface area (Å²) in [5.74, 6) is -2.50. The van der Waals surface area contributed by atoms with Crippen molar-refractivity contribution >= 4 is 17.8 Å². The van der Waals surface area contributed by atoms with Crippen LogP contribution in [0.5, 0.6) is 0 Å². The average Bonchev–Trinajstić information content (AvgIpc) is 2.44. The molecule has 1 amide bonds. The molecule has 1 rings (SSSR count). The zero-order valence-electron chi connectivity index (χ0n) is 14.0. The maximum absolute atomic E-state index is 12.4. The third kappa shape index (κ3) is 4.98. The van der Waals surface area contributed by atoms with E-state index >= 15 is 0 Å². The van der Waals surface area contributed by atoms with Crippen LogP contribution in [0.1, 0.15) is 47.5 Å². The number of esters is 2. The summed E-state index contributed by atoms with van der Waals surface area (Å²) in [6.07, 6.45) is 1.25. The van der Waals surface area contributed by atoms with Gasteiger partial charge in [-0.2, -0.15) is 0 Å². The Morgan fingerprint density at radius 1 is 1.32 bits per heavy atom. The zero-order chi connectivity index (χ0) is 16.9. The van der Waals surface area contributed by atoms with Crippen molar-refractivity contribution in [3.8, 4) is 0 Å². The van der Waals surface area contributed by atoms with Crippen LogP contribution in [0.4, 0.5) is 0 Å². The van der Waals surface area contributed by atoms with E-state index in [1.54, 1.807) is 27.7 Å². The Balaban J connectivity index is 2.82. The van der Waals surface area contributed by atoms with Gasteiger partial charge in [0.1, 0.15) is 17.6 Å². The first kappa shape index (κ1) is 18.4. The number of carbonyl (C=O) groups excluding carboxylic acids is 3. The minimum absolute atomic E-state index is 0.208. The molecule has 0 aromatic heterocycles. The van der Waals surface area contributed by atoms with Crippen molar-refractivity contribution in [1.82, 2.24) is 10.4 Å². The van der Waals surface area contributed by atoms with E-state index in [-0.39, 0.29) is 6.61 Å². The summed E-state index contributed by atoms with van der Waals surface area (Å²) in [4.78, 5) is 36.4. The van der Waals surface area contributed by atoms with E-state index in [9.17, 15) is 14.4 Å². The number of nitrogens with zero attached hydrogens (tertiary/aromatic N) is 1. The lowest BCUT2D eigenvalue weighted by Crippen LogP contribution is -2.59. The van der Waals surface area contributed by atoms with Crippen molar-refractivity contribution < 1.29 is 23.9 Å². The predicted molar refractivity (Wildman–Crippen MR) is 79.5 cm³/mol. The third-order valence-corrected chi connectivity index (χ3v) is 3.18. The van der Waals surface area contributed by atoms with E-state index in [1.165, 1.54) is 11.9 Å². The Labute approximate surface area is 131 Å². The molecular formula is C15H26N2O5. The smallest absolute Gasteiger partial charge is 0.331 e. The van der Waals surface area contributed by atoms with Crippen LogP contribution in [-0.4, -0.2) is 47.6 Å². The van der Waals surface area contributed by atoms with E-state index in [1.807, 2.05) is 0 Å². The van der Waals surface area contributed by atoms with Crippen LogP contribution in [-0.2, 0) is 23.9 Å². The summed E-state index contributed by atoms with van der Waals surface area (Å²) in [7, 11) is 0. The van der Waals surface area contributed by atoms with E-state index in [0.717, 1.165) is 6.42 Å². The van der Waals surface area contributed by atoms with E-state index in [4.69, 9.17) is 9.47 Å². The molecule has 7 heteroatoms. The Bertz CT molecular complexity index is 430. The predicted octanol–water partition coefficient (Wildman–Crippen LogP) is 1.02. The van der Waals surface area contributed by atoms with Crippen LogP contribution in [0.15, 0.2) is 0 Å². The Morgan fingerprint density at radius 3 is 2.50 bits per heavy atom. The highest BCUT2D eigenvalue weighted by Gasteiger charge is 2.39. The second-order valence-corrected chi connectivity index (χ2v) is 6.28. The molecule has 0 aromatic carbocycles. The highest BCUT2D eigenvalue weighted by Crippen LogP contribution is 2.19. The number of nitrogens with one attached hydrogen (secondary N) is 1. The second-order valence-electron chi connectivity index (χ2n) is 6.28. The fraction of sp³-hybridized carbons (Fsp3) is 0.800. The molecule has 0 radical (unpaired) electrons. The summed E-state index contributed by atoms with van der Waals surface area (Å²) in [6, 6.07) is -0.725. The molecule has 2 unspecified atom stereocenters. The van der Waals surface area contributed by atoms with Crippen molar-refractivity contribution in [3.63, 3.8) is 0 Å². The second kappa shape index (κ2) is 7.58. The van der Waals surface area contributed by atoms with Gasteiger partial charge in [-0.15, -0.1) is 0 Å². The van der Waals surface area contributed by atoms with E-state index in [2.05, 4.69) is 5.43 Å². The molecule has 22 heavy (non-hydrogen) atoms. The van der Waals surface area contributed by atoms with Gasteiger partial charge in [0.25, 0.3) is 5.91 Å². The molecule has 0 saturated carbocycles. The highest BCUT2D eigenvalue weighted by atomic mass is 16.6. The lowest BCUT2D eigenvalue weighted by molar-refractivity contribution is -0.172. The van der Waals surface area contributed by atoms with Gasteiger partial charge in [0, 0.05) is 6.54 Å². The van der Waals surface area contributed by atoms with Gasteiger partial charge in [-0.1, -0.05) is 0 Å². The van der Waals surface area contributed by atoms with Crippen molar-refractivity contribution in [2.24, 2.45) is 5.92 Å². The normalized spacial score (nSPS) is 20.2. The van der Waals surface area contributed by atoms with Gasteiger partial charge < -0.3 is 9.47 Å². The number of hydrogen-bond donors (Lipinski definition) is 1. The molecule has 0 spiro atoms. The number of amides is 1. The van der Waals surface area contributed by atoms with Crippen LogP contribution in [0.25, 0.3) is 0 Å². The minimum Gasteiger partial charge on any atom is -0.465 e. The first-order valence-corrected chi connectivity index (χ1v) is 7.63.